The average Bonchev–Trinajstić information content (AvgIpc) is 2.77. The highest BCUT2D eigenvalue weighted by Crippen LogP contribution is 2.37. The van der Waals surface area contributed by atoms with Crippen molar-refractivity contribution in [2.45, 2.75) is 17.1 Å². The lowest BCUT2D eigenvalue weighted by atomic mass is 10.2. The highest BCUT2D eigenvalue weighted by molar-refractivity contribution is 8.00. The van der Waals surface area contributed by atoms with Gasteiger partial charge in [-0.3, -0.25) is 4.79 Å². The molecule has 2 heterocycles. The smallest absolute Gasteiger partial charge is 0.313 e. The van der Waals surface area contributed by atoms with Crippen molar-refractivity contribution in [1.29, 1.82) is 0 Å². The molecule has 0 saturated carbocycles. The van der Waals surface area contributed by atoms with Crippen LogP contribution in [0.2, 0.25) is 0 Å². The summed E-state index contributed by atoms with van der Waals surface area (Å²) < 4.78 is 5.14. The SMILES string of the molecule is CC1Sc2ccc(-c3nnc(N)o3)cc2NC1=O. The number of anilines is 2. The zero-order valence-electron chi connectivity index (χ0n) is 9.51. The van der Waals surface area contributed by atoms with Crippen LogP contribution in [0.1, 0.15) is 6.92 Å². The number of nitrogens with zero attached hydrogens (tertiary/aromatic N) is 2. The van der Waals surface area contributed by atoms with Gasteiger partial charge in [0.25, 0.3) is 0 Å². The van der Waals surface area contributed by atoms with Gasteiger partial charge in [0.2, 0.25) is 11.8 Å². The third-order valence-corrected chi connectivity index (χ3v) is 3.78. The Morgan fingerprint density at radius 3 is 3.00 bits per heavy atom. The summed E-state index contributed by atoms with van der Waals surface area (Å²) >= 11 is 1.53. The average molecular weight is 262 g/mol. The summed E-state index contributed by atoms with van der Waals surface area (Å²) in [7, 11) is 0. The number of nitrogens with one attached hydrogen (secondary N) is 1. The molecular weight excluding hydrogens is 252 g/mol. The van der Waals surface area contributed by atoms with Gasteiger partial charge in [-0.2, -0.15) is 0 Å². The normalized spacial score (nSPS) is 18.3. The number of nitrogens with two attached hydrogens (primary N) is 1. The molecule has 3 rings (SSSR count). The van der Waals surface area contributed by atoms with Crippen molar-refractivity contribution in [3.63, 3.8) is 0 Å². The van der Waals surface area contributed by atoms with E-state index in [4.69, 9.17) is 10.2 Å². The number of benzene rings is 1. The molecule has 0 saturated heterocycles. The number of hydrogen-bond donors (Lipinski definition) is 2. The molecule has 1 amide bonds. The summed E-state index contributed by atoms with van der Waals surface area (Å²) in [4.78, 5) is 12.6. The van der Waals surface area contributed by atoms with Crippen LogP contribution in [0.4, 0.5) is 11.7 Å². The lowest BCUT2D eigenvalue weighted by molar-refractivity contribution is -0.115. The summed E-state index contributed by atoms with van der Waals surface area (Å²) in [6.45, 7) is 1.87. The molecule has 0 radical (unpaired) electrons. The predicted octanol–water partition coefficient (Wildman–Crippen LogP) is 1.75. The van der Waals surface area contributed by atoms with Crippen LogP contribution in [0.3, 0.4) is 0 Å². The van der Waals surface area contributed by atoms with Crippen LogP contribution in [0.25, 0.3) is 11.5 Å². The molecule has 0 spiro atoms. The Labute approximate surface area is 107 Å². The quantitative estimate of drug-likeness (QED) is 0.813. The van der Waals surface area contributed by atoms with E-state index < -0.39 is 0 Å². The number of thioether (sulfide) groups is 1. The highest BCUT2D eigenvalue weighted by Gasteiger charge is 2.23. The van der Waals surface area contributed by atoms with Crippen molar-refractivity contribution < 1.29 is 9.21 Å². The minimum atomic E-state index is -0.0811. The minimum absolute atomic E-state index is 0.00491. The molecule has 1 aromatic carbocycles. The first-order valence-electron chi connectivity index (χ1n) is 5.34. The number of rotatable bonds is 1. The third kappa shape index (κ3) is 1.82. The van der Waals surface area contributed by atoms with Crippen LogP contribution in [0.15, 0.2) is 27.5 Å². The van der Waals surface area contributed by atoms with Gasteiger partial charge in [-0.15, -0.1) is 16.9 Å². The van der Waals surface area contributed by atoms with Crippen molar-refractivity contribution in [2.24, 2.45) is 0 Å². The largest absolute Gasteiger partial charge is 0.404 e. The summed E-state index contributed by atoms with van der Waals surface area (Å²) in [6.07, 6.45) is 0. The van der Waals surface area contributed by atoms with Crippen molar-refractivity contribution >= 4 is 29.4 Å². The molecule has 1 aliphatic rings. The lowest BCUT2D eigenvalue weighted by Crippen LogP contribution is -2.26. The van der Waals surface area contributed by atoms with Gasteiger partial charge >= 0.3 is 6.01 Å². The maximum atomic E-state index is 11.6. The molecule has 6 nitrogen and oxygen atoms in total. The van der Waals surface area contributed by atoms with Crippen molar-refractivity contribution in [1.82, 2.24) is 10.2 Å². The van der Waals surface area contributed by atoms with Gasteiger partial charge < -0.3 is 15.5 Å². The first kappa shape index (κ1) is 11.1. The molecular formula is C11H10N4O2S. The zero-order chi connectivity index (χ0) is 12.7. The standard InChI is InChI=1S/C11H10N4O2S/c1-5-9(16)13-7-4-6(2-3-8(7)18-5)10-14-15-11(12)17-10/h2-5H,1H3,(H2,12,15)(H,13,16). The van der Waals surface area contributed by atoms with E-state index in [-0.39, 0.29) is 17.2 Å². The van der Waals surface area contributed by atoms with Crippen LogP contribution >= 0.6 is 11.8 Å². The first-order chi connectivity index (χ1) is 8.63. The topological polar surface area (TPSA) is 94.0 Å². The Morgan fingerprint density at radius 2 is 2.28 bits per heavy atom. The Kier molecular flexibility index (Phi) is 2.48. The number of carbonyl (C=O) groups excluding carboxylic acids is 1. The molecule has 0 aliphatic carbocycles. The molecule has 1 unspecified atom stereocenters. The molecule has 1 aliphatic heterocycles. The fourth-order valence-corrected chi connectivity index (χ4v) is 2.62. The summed E-state index contributed by atoms with van der Waals surface area (Å²) in [5.74, 6) is 0.336. The molecule has 0 fully saturated rings. The van der Waals surface area contributed by atoms with E-state index in [0.29, 0.717) is 5.89 Å². The molecule has 2 aromatic rings. The van der Waals surface area contributed by atoms with Gasteiger partial charge in [-0.1, -0.05) is 5.10 Å². The van der Waals surface area contributed by atoms with Gasteiger partial charge in [0.05, 0.1) is 10.9 Å². The zero-order valence-corrected chi connectivity index (χ0v) is 10.3. The molecule has 92 valence electrons. The number of hydrogen-bond acceptors (Lipinski definition) is 6. The van der Waals surface area contributed by atoms with Gasteiger partial charge in [0.1, 0.15) is 0 Å². The van der Waals surface area contributed by atoms with E-state index in [1.54, 1.807) is 6.07 Å². The van der Waals surface area contributed by atoms with E-state index in [1.165, 1.54) is 11.8 Å². The number of fused-ring (bicyclic) bond motifs is 1. The summed E-state index contributed by atoms with van der Waals surface area (Å²) in [6, 6.07) is 5.61. The summed E-state index contributed by atoms with van der Waals surface area (Å²) in [5.41, 5.74) is 6.87. The second kappa shape index (κ2) is 4.02. The third-order valence-electron chi connectivity index (χ3n) is 2.60. The molecule has 7 heteroatoms. The number of nitrogen functional groups attached to an aromatic ring is 1. The van der Waals surface area contributed by atoms with Crippen molar-refractivity contribution in [3.8, 4) is 11.5 Å². The number of amides is 1. The van der Waals surface area contributed by atoms with E-state index in [0.717, 1.165) is 16.1 Å². The first-order valence-corrected chi connectivity index (χ1v) is 6.22. The van der Waals surface area contributed by atoms with Crippen LogP contribution in [-0.2, 0) is 4.79 Å². The fraction of sp³-hybridized carbons (Fsp3) is 0.182. The Balaban J connectivity index is 2.01. The second-order valence-electron chi connectivity index (χ2n) is 3.91. The lowest BCUT2D eigenvalue weighted by Gasteiger charge is -2.21. The van der Waals surface area contributed by atoms with E-state index in [9.17, 15) is 4.79 Å². The van der Waals surface area contributed by atoms with E-state index >= 15 is 0 Å². The maximum Gasteiger partial charge on any atom is 0.313 e. The molecule has 1 aromatic heterocycles. The predicted molar refractivity (Wildman–Crippen MR) is 68.1 cm³/mol. The van der Waals surface area contributed by atoms with Gasteiger partial charge in [0, 0.05) is 10.5 Å². The molecule has 1 atom stereocenters. The molecule has 3 N–H and O–H groups in total. The Morgan fingerprint density at radius 1 is 1.44 bits per heavy atom. The number of aromatic nitrogens is 2. The Bertz CT molecular complexity index is 625. The minimum Gasteiger partial charge on any atom is -0.404 e. The Hall–Kier alpha value is -2.02. The summed E-state index contributed by atoms with van der Waals surface area (Å²) in [5, 5.41) is 10.2. The van der Waals surface area contributed by atoms with Crippen LogP contribution in [0, 0.1) is 0 Å². The van der Waals surface area contributed by atoms with Crippen molar-refractivity contribution in [2.75, 3.05) is 11.1 Å². The molecule has 0 bridgehead atoms. The highest BCUT2D eigenvalue weighted by atomic mass is 32.2. The monoisotopic (exact) mass is 262 g/mol. The fourth-order valence-electron chi connectivity index (χ4n) is 1.69. The molecule has 18 heavy (non-hydrogen) atoms. The van der Waals surface area contributed by atoms with Crippen molar-refractivity contribution in [3.05, 3.63) is 18.2 Å². The second-order valence-corrected chi connectivity index (χ2v) is 5.29. The van der Waals surface area contributed by atoms with Crippen LogP contribution in [0.5, 0.6) is 0 Å². The van der Waals surface area contributed by atoms with E-state index in [2.05, 4.69) is 15.5 Å². The maximum absolute atomic E-state index is 11.6. The van der Waals surface area contributed by atoms with Crippen LogP contribution in [-0.4, -0.2) is 21.4 Å². The van der Waals surface area contributed by atoms with Gasteiger partial charge in [-0.05, 0) is 25.1 Å². The van der Waals surface area contributed by atoms with Gasteiger partial charge in [-0.25, -0.2) is 0 Å². The van der Waals surface area contributed by atoms with Crippen LogP contribution < -0.4 is 11.1 Å². The van der Waals surface area contributed by atoms with E-state index in [1.807, 2.05) is 19.1 Å². The number of carbonyl (C=O) groups is 1. The van der Waals surface area contributed by atoms with Gasteiger partial charge in [0.15, 0.2) is 0 Å².